The Labute approximate surface area is 104 Å². The van der Waals surface area contributed by atoms with E-state index in [2.05, 4.69) is 13.8 Å². The molecule has 1 unspecified atom stereocenters. The average molecular weight is 234 g/mol. The van der Waals surface area contributed by atoms with Gasteiger partial charge in [0.1, 0.15) is 0 Å². The van der Waals surface area contributed by atoms with Crippen molar-refractivity contribution in [3.05, 3.63) is 35.9 Å². The van der Waals surface area contributed by atoms with E-state index < -0.39 is 5.97 Å². The predicted octanol–water partition coefficient (Wildman–Crippen LogP) is 4.00. The number of carbonyl (C=O) groups is 1. The number of hydrogen-bond donors (Lipinski definition) is 1. The van der Waals surface area contributed by atoms with Gasteiger partial charge in [-0.2, -0.15) is 0 Å². The highest BCUT2D eigenvalue weighted by atomic mass is 16.4. The van der Waals surface area contributed by atoms with Gasteiger partial charge in [0.2, 0.25) is 0 Å². The van der Waals surface area contributed by atoms with Gasteiger partial charge >= 0.3 is 5.97 Å². The van der Waals surface area contributed by atoms with Gasteiger partial charge in [-0.05, 0) is 12.0 Å². The van der Waals surface area contributed by atoms with Crippen LogP contribution < -0.4 is 0 Å². The van der Waals surface area contributed by atoms with Gasteiger partial charge in [-0.25, -0.2) is 0 Å². The lowest BCUT2D eigenvalue weighted by molar-refractivity contribution is -0.138. The summed E-state index contributed by atoms with van der Waals surface area (Å²) in [6.07, 6.45) is 4.58. The van der Waals surface area contributed by atoms with Crippen LogP contribution in [-0.2, 0) is 10.2 Å². The summed E-state index contributed by atoms with van der Waals surface area (Å²) in [7, 11) is 0. The van der Waals surface area contributed by atoms with E-state index in [-0.39, 0.29) is 11.8 Å². The van der Waals surface area contributed by atoms with E-state index in [9.17, 15) is 4.79 Å². The molecule has 0 saturated carbocycles. The zero-order valence-corrected chi connectivity index (χ0v) is 10.8. The second-order valence-corrected chi connectivity index (χ2v) is 4.95. The van der Waals surface area contributed by atoms with Crippen LogP contribution in [0.25, 0.3) is 0 Å². The molecule has 0 bridgehead atoms. The molecule has 17 heavy (non-hydrogen) atoms. The first kappa shape index (κ1) is 13.8. The van der Waals surface area contributed by atoms with Crippen LogP contribution in [-0.4, -0.2) is 11.1 Å². The Morgan fingerprint density at radius 3 is 2.41 bits per heavy atom. The third kappa shape index (κ3) is 4.22. The summed E-state index contributed by atoms with van der Waals surface area (Å²) in [5.41, 5.74) is 0.904. The molecule has 1 aromatic carbocycles. The normalized spacial score (nSPS) is 14.2. The molecule has 0 aromatic heterocycles. The Bertz CT molecular complexity index is 345. The minimum absolute atomic E-state index is 0.209. The van der Waals surface area contributed by atoms with Crippen LogP contribution in [0.15, 0.2) is 30.3 Å². The lowest BCUT2D eigenvalue weighted by atomic mass is 9.75. The molecule has 1 aromatic rings. The third-order valence-electron chi connectivity index (χ3n) is 3.34. The molecule has 0 saturated heterocycles. The largest absolute Gasteiger partial charge is 0.481 e. The summed E-state index contributed by atoms with van der Waals surface area (Å²) in [6.45, 7) is 4.23. The summed E-state index contributed by atoms with van der Waals surface area (Å²) in [5, 5.41) is 9.07. The fourth-order valence-corrected chi connectivity index (χ4v) is 2.27. The van der Waals surface area contributed by atoms with Crippen molar-refractivity contribution >= 4 is 5.97 Å². The van der Waals surface area contributed by atoms with E-state index in [1.807, 2.05) is 30.3 Å². The van der Waals surface area contributed by atoms with Crippen molar-refractivity contribution in [2.24, 2.45) is 0 Å². The second kappa shape index (κ2) is 6.43. The maximum atomic E-state index is 11.0. The topological polar surface area (TPSA) is 37.3 Å². The number of hydrogen-bond acceptors (Lipinski definition) is 1. The number of carboxylic acids is 1. The summed E-state index contributed by atoms with van der Waals surface area (Å²) in [5.74, 6) is -0.715. The number of carboxylic acid groups (broad SMARTS) is 1. The molecule has 2 heteroatoms. The van der Waals surface area contributed by atoms with E-state index >= 15 is 0 Å². The van der Waals surface area contributed by atoms with Crippen molar-refractivity contribution in [2.45, 2.75) is 51.4 Å². The van der Waals surface area contributed by atoms with Gasteiger partial charge < -0.3 is 5.11 Å². The molecule has 94 valence electrons. The Balaban J connectivity index is 2.81. The molecule has 0 aliphatic rings. The molecule has 2 nitrogen and oxygen atoms in total. The SMILES string of the molecule is CCCCCC(C)(CC(=O)O)c1ccccc1. The van der Waals surface area contributed by atoms with Gasteiger partial charge in [-0.3, -0.25) is 4.79 Å². The molecule has 0 spiro atoms. The molecule has 1 rings (SSSR count). The van der Waals surface area contributed by atoms with Crippen LogP contribution in [0.2, 0.25) is 0 Å². The first-order valence-electron chi connectivity index (χ1n) is 6.36. The Hall–Kier alpha value is -1.31. The minimum atomic E-state index is -0.715. The Morgan fingerprint density at radius 1 is 1.24 bits per heavy atom. The lowest BCUT2D eigenvalue weighted by Gasteiger charge is -2.28. The molecule has 1 N–H and O–H groups in total. The smallest absolute Gasteiger partial charge is 0.304 e. The van der Waals surface area contributed by atoms with Crippen molar-refractivity contribution in [2.75, 3.05) is 0 Å². The van der Waals surface area contributed by atoms with Gasteiger partial charge in [0.15, 0.2) is 0 Å². The van der Waals surface area contributed by atoms with E-state index in [0.717, 1.165) is 24.8 Å². The third-order valence-corrected chi connectivity index (χ3v) is 3.34. The highest BCUT2D eigenvalue weighted by Gasteiger charge is 2.28. The van der Waals surface area contributed by atoms with Gasteiger partial charge in [-0.15, -0.1) is 0 Å². The maximum absolute atomic E-state index is 11.0. The molecule has 1 atom stereocenters. The van der Waals surface area contributed by atoms with Gasteiger partial charge in [-0.1, -0.05) is 63.4 Å². The highest BCUT2D eigenvalue weighted by molar-refractivity contribution is 5.69. The van der Waals surface area contributed by atoms with Crippen LogP contribution in [0.3, 0.4) is 0 Å². The van der Waals surface area contributed by atoms with Gasteiger partial charge in [0.05, 0.1) is 6.42 Å². The van der Waals surface area contributed by atoms with Crippen molar-refractivity contribution in [1.82, 2.24) is 0 Å². The van der Waals surface area contributed by atoms with E-state index in [1.54, 1.807) is 0 Å². The first-order valence-corrected chi connectivity index (χ1v) is 6.36. The van der Waals surface area contributed by atoms with Crippen LogP contribution in [0.4, 0.5) is 0 Å². The minimum Gasteiger partial charge on any atom is -0.481 e. The van der Waals surface area contributed by atoms with Gasteiger partial charge in [0.25, 0.3) is 0 Å². The highest BCUT2D eigenvalue weighted by Crippen LogP contribution is 2.33. The lowest BCUT2D eigenvalue weighted by Crippen LogP contribution is -2.25. The van der Waals surface area contributed by atoms with Crippen molar-refractivity contribution in [3.63, 3.8) is 0 Å². The van der Waals surface area contributed by atoms with Crippen molar-refractivity contribution < 1.29 is 9.90 Å². The molecule has 0 aliphatic heterocycles. The van der Waals surface area contributed by atoms with E-state index in [1.165, 1.54) is 6.42 Å². The Morgan fingerprint density at radius 2 is 1.88 bits per heavy atom. The van der Waals surface area contributed by atoms with E-state index in [4.69, 9.17) is 5.11 Å². The number of aliphatic carboxylic acids is 1. The molecular formula is C15H22O2. The summed E-state index contributed by atoms with van der Waals surface area (Å²) in [4.78, 5) is 11.0. The van der Waals surface area contributed by atoms with Crippen LogP contribution in [0.1, 0.15) is 51.5 Å². The molecule has 0 heterocycles. The monoisotopic (exact) mass is 234 g/mol. The van der Waals surface area contributed by atoms with Crippen molar-refractivity contribution in [3.8, 4) is 0 Å². The van der Waals surface area contributed by atoms with Gasteiger partial charge in [0, 0.05) is 5.41 Å². The first-order chi connectivity index (χ1) is 8.08. The standard InChI is InChI=1S/C15H22O2/c1-3-4-8-11-15(2,12-14(16)17)13-9-6-5-7-10-13/h5-7,9-10H,3-4,8,11-12H2,1-2H3,(H,16,17). The van der Waals surface area contributed by atoms with Crippen LogP contribution >= 0.6 is 0 Å². The van der Waals surface area contributed by atoms with E-state index in [0.29, 0.717) is 0 Å². The molecule has 0 radical (unpaired) electrons. The van der Waals surface area contributed by atoms with Crippen molar-refractivity contribution in [1.29, 1.82) is 0 Å². The number of unbranched alkanes of at least 4 members (excludes halogenated alkanes) is 2. The number of rotatable bonds is 7. The molecule has 0 aliphatic carbocycles. The molecule has 0 fully saturated rings. The maximum Gasteiger partial charge on any atom is 0.304 e. The fraction of sp³-hybridized carbons (Fsp3) is 0.533. The summed E-state index contributed by atoms with van der Waals surface area (Å²) in [6, 6.07) is 10.0. The molecular weight excluding hydrogens is 212 g/mol. The van der Waals surface area contributed by atoms with Crippen LogP contribution in [0.5, 0.6) is 0 Å². The summed E-state index contributed by atoms with van der Waals surface area (Å²) >= 11 is 0. The van der Waals surface area contributed by atoms with Crippen LogP contribution in [0, 0.1) is 0 Å². The summed E-state index contributed by atoms with van der Waals surface area (Å²) < 4.78 is 0. The molecule has 0 amide bonds. The quantitative estimate of drug-likeness (QED) is 0.724. The zero-order chi connectivity index (χ0) is 12.7. The zero-order valence-electron chi connectivity index (χ0n) is 10.8. The fourth-order valence-electron chi connectivity index (χ4n) is 2.27. The predicted molar refractivity (Wildman–Crippen MR) is 70.2 cm³/mol. The average Bonchev–Trinajstić information content (AvgIpc) is 2.29. The second-order valence-electron chi connectivity index (χ2n) is 4.95. The number of benzene rings is 1. The Kier molecular flexibility index (Phi) is 5.20.